The Morgan fingerprint density at radius 3 is 2.93 bits per heavy atom. The van der Waals surface area contributed by atoms with Gasteiger partial charge in [0.2, 0.25) is 5.91 Å². The van der Waals surface area contributed by atoms with Gasteiger partial charge in [-0.3, -0.25) is 15.0 Å². The van der Waals surface area contributed by atoms with Crippen molar-refractivity contribution in [3.05, 3.63) is 29.6 Å². The highest BCUT2D eigenvalue weighted by Gasteiger charge is 2.33. The van der Waals surface area contributed by atoms with Crippen LogP contribution in [-0.2, 0) is 19.4 Å². The van der Waals surface area contributed by atoms with E-state index in [-0.39, 0.29) is 30.6 Å². The van der Waals surface area contributed by atoms with Crippen LogP contribution in [0.4, 0.5) is 14.9 Å². The van der Waals surface area contributed by atoms with Crippen LogP contribution in [0.15, 0.2) is 18.2 Å². The molecule has 1 aromatic carbocycles. The Morgan fingerprint density at radius 2 is 2.22 bits per heavy atom. The van der Waals surface area contributed by atoms with Gasteiger partial charge in [-0.25, -0.2) is 17.6 Å². The molecule has 2 amide bonds. The fourth-order valence-electron chi connectivity index (χ4n) is 3.24. The van der Waals surface area contributed by atoms with Gasteiger partial charge >= 0.3 is 6.09 Å². The molecule has 148 valence electrons. The van der Waals surface area contributed by atoms with Crippen LogP contribution in [0.5, 0.6) is 0 Å². The van der Waals surface area contributed by atoms with Crippen molar-refractivity contribution >= 4 is 27.5 Å². The maximum absolute atomic E-state index is 14.7. The summed E-state index contributed by atoms with van der Waals surface area (Å²) < 4.78 is 43.2. The molecule has 0 saturated carbocycles. The molecule has 2 fully saturated rings. The zero-order chi connectivity index (χ0) is 19.6. The minimum atomic E-state index is -3.15. The van der Waals surface area contributed by atoms with Crippen molar-refractivity contribution in [2.75, 3.05) is 29.6 Å². The highest BCUT2D eigenvalue weighted by Crippen LogP contribution is 2.29. The number of benzene rings is 1. The van der Waals surface area contributed by atoms with Crippen LogP contribution in [0.1, 0.15) is 31.4 Å². The number of ether oxygens (including phenoxy) is 1. The molecule has 0 aromatic heterocycles. The number of carbonyl (C=O) groups excluding carboxylic acids is 2. The van der Waals surface area contributed by atoms with E-state index in [2.05, 4.69) is 10.6 Å². The molecule has 2 aliphatic heterocycles. The first kappa shape index (κ1) is 19.6. The lowest BCUT2D eigenvalue weighted by Crippen LogP contribution is -2.33. The molecule has 0 radical (unpaired) electrons. The van der Waals surface area contributed by atoms with Crippen LogP contribution >= 0.6 is 0 Å². The monoisotopic (exact) mass is 399 g/mol. The van der Waals surface area contributed by atoms with E-state index in [1.807, 2.05) is 0 Å². The summed E-state index contributed by atoms with van der Waals surface area (Å²) in [5.41, 5.74) is 0.728. The average Bonchev–Trinajstić information content (AvgIpc) is 2.87. The van der Waals surface area contributed by atoms with Gasteiger partial charge < -0.3 is 10.1 Å². The second-order valence-corrected chi connectivity index (χ2v) is 8.93. The van der Waals surface area contributed by atoms with Crippen molar-refractivity contribution < 1.29 is 27.1 Å². The predicted octanol–water partition coefficient (Wildman–Crippen LogP) is 1.08. The quantitative estimate of drug-likeness (QED) is 0.785. The summed E-state index contributed by atoms with van der Waals surface area (Å²) >= 11 is 0. The van der Waals surface area contributed by atoms with Gasteiger partial charge in [-0.05, 0) is 25.0 Å². The number of amides is 2. The standard InChI is InChI=1S/C17H22FN3O5S/c1-11(22)19-8-13-9-21(17(23)26-13)12-4-5-14(15(18)7-12)16-3-2-6-27(24,25)10-20-16/h4-5,7,13,16,20H,2-3,6,8-10H2,1H3,(H,19,22). The first-order valence-corrected chi connectivity index (χ1v) is 10.5. The van der Waals surface area contributed by atoms with Gasteiger partial charge in [0.1, 0.15) is 11.9 Å². The van der Waals surface area contributed by atoms with Crippen molar-refractivity contribution in [3.8, 4) is 0 Å². The second-order valence-electron chi connectivity index (χ2n) is 6.75. The molecule has 2 atom stereocenters. The third-order valence-corrected chi connectivity index (χ3v) is 6.14. The van der Waals surface area contributed by atoms with Gasteiger partial charge in [0, 0.05) is 18.5 Å². The third kappa shape index (κ3) is 4.75. The first-order valence-electron chi connectivity index (χ1n) is 8.71. The van der Waals surface area contributed by atoms with E-state index >= 15 is 0 Å². The molecule has 0 bridgehead atoms. The Kier molecular flexibility index (Phi) is 5.66. The number of carbonyl (C=O) groups is 2. The number of cyclic esters (lactones) is 1. The number of sulfone groups is 1. The molecular weight excluding hydrogens is 377 g/mol. The van der Waals surface area contributed by atoms with Crippen molar-refractivity contribution in [2.24, 2.45) is 0 Å². The highest BCUT2D eigenvalue weighted by molar-refractivity contribution is 7.91. The lowest BCUT2D eigenvalue weighted by Gasteiger charge is -2.19. The van der Waals surface area contributed by atoms with Crippen LogP contribution in [0, 0.1) is 5.82 Å². The van der Waals surface area contributed by atoms with Gasteiger partial charge in [-0.2, -0.15) is 0 Å². The zero-order valence-electron chi connectivity index (χ0n) is 14.9. The lowest BCUT2D eigenvalue weighted by molar-refractivity contribution is -0.119. The Hall–Kier alpha value is -2.20. The summed E-state index contributed by atoms with van der Waals surface area (Å²) in [4.78, 5) is 24.3. The third-order valence-electron chi connectivity index (χ3n) is 4.62. The number of hydrogen-bond donors (Lipinski definition) is 2. The van der Waals surface area contributed by atoms with Crippen LogP contribution in [0.2, 0.25) is 0 Å². The van der Waals surface area contributed by atoms with Crippen LogP contribution in [0.25, 0.3) is 0 Å². The van der Waals surface area contributed by atoms with Crippen molar-refractivity contribution in [1.82, 2.24) is 10.6 Å². The molecule has 3 rings (SSSR count). The maximum atomic E-state index is 14.7. The molecular formula is C17H22FN3O5S. The summed E-state index contributed by atoms with van der Waals surface area (Å²) in [5, 5.41) is 5.47. The fourth-order valence-corrected chi connectivity index (χ4v) is 4.44. The zero-order valence-corrected chi connectivity index (χ0v) is 15.7. The summed E-state index contributed by atoms with van der Waals surface area (Å²) in [7, 11) is -3.15. The lowest BCUT2D eigenvalue weighted by atomic mass is 10.0. The molecule has 2 N–H and O–H groups in total. The van der Waals surface area contributed by atoms with Gasteiger partial charge in [-0.15, -0.1) is 0 Å². The Balaban J connectivity index is 1.71. The van der Waals surface area contributed by atoms with Crippen molar-refractivity contribution in [3.63, 3.8) is 0 Å². The van der Waals surface area contributed by atoms with Gasteiger partial charge in [0.05, 0.1) is 30.4 Å². The van der Waals surface area contributed by atoms with E-state index < -0.39 is 33.9 Å². The Bertz CT molecular complexity index is 845. The SMILES string of the molecule is CC(=O)NCC1CN(c2ccc(C3CCCS(=O)(=O)CN3)c(F)c2)C(=O)O1. The molecule has 0 aliphatic carbocycles. The van der Waals surface area contributed by atoms with Crippen molar-refractivity contribution in [1.29, 1.82) is 0 Å². The minimum Gasteiger partial charge on any atom is -0.442 e. The average molecular weight is 399 g/mol. The van der Waals surface area contributed by atoms with Gasteiger partial charge in [0.15, 0.2) is 9.84 Å². The smallest absolute Gasteiger partial charge is 0.414 e. The number of nitrogens with zero attached hydrogens (tertiary/aromatic N) is 1. The van der Waals surface area contributed by atoms with E-state index in [1.54, 1.807) is 12.1 Å². The molecule has 27 heavy (non-hydrogen) atoms. The number of anilines is 1. The fraction of sp³-hybridized carbons (Fsp3) is 0.529. The number of hydrogen-bond acceptors (Lipinski definition) is 6. The van der Waals surface area contributed by atoms with Gasteiger partial charge in [-0.1, -0.05) is 6.07 Å². The number of nitrogens with one attached hydrogen (secondary N) is 2. The normalized spacial score (nSPS) is 25.0. The second kappa shape index (κ2) is 7.81. The minimum absolute atomic E-state index is 0.0888. The van der Waals surface area contributed by atoms with E-state index in [4.69, 9.17) is 4.74 Å². The van der Waals surface area contributed by atoms with Crippen LogP contribution in [0.3, 0.4) is 0 Å². The van der Waals surface area contributed by atoms with E-state index in [0.717, 1.165) is 0 Å². The molecule has 2 saturated heterocycles. The molecule has 2 aliphatic rings. The maximum Gasteiger partial charge on any atom is 0.414 e. The largest absolute Gasteiger partial charge is 0.442 e. The summed E-state index contributed by atoms with van der Waals surface area (Å²) in [6, 6.07) is 4.03. The molecule has 1 aromatic rings. The summed E-state index contributed by atoms with van der Waals surface area (Å²) in [5.74, 6) is -0.826. The van der Waals surface area contributed by atoms with Crippen LogP contribution in [-0.4, -0.2) is 51.2 Å². The number of halogens is 1. The number of rotatable bonds is 4. The summed E-state index contributed by atoms with van der Waals surface area (Å²) in [6.07, 6.45) is -0.126. The predicted molar refractivity (Wildman–Crippen MR) is 96.5 cm³/mol. The van der Waals surface area contributed by atoms with E-state index in [9.17, 15) is 22.4 Å². The summed E-state index contributed by atoms with van der Waals surface area (Å²) in [6.45, 7) is 1.77. The topological polar surface area (TPSA) is 105 Å². The van der Waals surface area contributed by atoms with E-state index in [1.165, 1.54) is 17.9 Å². The molecule has 8 nitrogen and oxygen atoms in total. The Morgan fingerprint density at radius 1 is 1.44 bits per heavy atom. The molecule has 10 heteroatoms. The van der Waals surface area contributed by atoms with Gasteiger partial charge in [0.25, 0.3) is 0 Å². The molecule has 0 spiro atoms. The van der Waals surface area contributed by atoms with Crippen LogP contribution < -0.4 is 15.5 Å². The van der Waals surface area contributed by atoms with Crippen molar-refractivity contribution in [2.45, 2.75) is 31.9 Å². The Labute approximate surface area is 157 Å². The van der Waals surface area contributed by atoms with E-state index in [0.29, 0.717) is 24.1 Å². The highest BCUT2D eigenvalue weighted by atomic mass is 32.2. The first-order chi connectivity index (χ1) is 12.7. The molecule has 2 heterocycles. The molecule has 2 unspecified atom stereocenters.